The maximum absolute atomic E-state index is 12.0. The van der Waals surface area contributed by atoms with Gasteiger partial charge in [-0.2, -0.15) is 0 Å². The number of benzene rings is 1. The maximum Gasteiger partial charge on any atom is 0.269 e. The van der Waals surface area contributed by atoms with Crippen molar-refractivity contribution in [1.82, 2.24) is 10.3 Å². The van der Waals surface area contributed by atoms with E-state index in [9.17, 15) is 4.79 Å². The van der Waals surface area contributed by atoms with Crippen molar-refractivity contribution in [3.8, 4) is 11.5 Å². The van der Waals surface area contributed by atoms with Crippen LogP contribution in [0, 0.1) is 0 Å². The van der Waals surface area contributed by atoms with E-state index in [1.807, 2.05) is 24.3 Å². The van der Waals surface area contributed by atoms with Crippen molar-refractivity contribution in [2.75, 3.05) is 26.1 Å². The molecule has 1 aromatic heterocycles. The summed E-state index contributed by atoms with van der Waals surface area (Å²) in [6.45, 7) is 2.81. The summed E-state index contributed by atoms with van der Waals surface area (Å²) in [6.07, 6.45) is 4.85. The molecule has 0 fully saturated rings. The van der Waals surface area contributed by atoms with Crippen LogP contribution in [0.5, 0.6) is 11.5 Å². The Labute approximate surface area is 148 Å². The van der Waals surface area contributed by atoms with Gasteiger partial charge in [-0.25, -0.2) is 4.98 Å². The average molecular weight is 343 g/mol. The Morgan fingerprint density at radius 2 is 1.96 bits per heavy atom. The highest BCUT2D eigenvalue weighted by molar-refractivity contribution is 5.92. The van der Waals surface area contributed by atoms with Gasteiger partial charge in [-0.05, 0) is 30.7 Å². The summed E-state index contributed by atoms with van der Waals surface area (Å²) < 4.78 is 10.6. The third-order valence-corrected chi connectivity index (χ3v) is 3.75. The Morgan fingerprint density at radius 1 is 1.12 bits per heavy atom. The lowest BCUT2D eigenvalue weighted by atomic mass is 10.2. The molecule has 0 saturated heterocycles. The van der Waals surface area contributed by atoms with Crippen LogP contribution in [0.25, 0.3) is 0 Å². The second-order valence-corrected chi connectivity index (χ2v) is 5.59. The van der Waals surface area contributed by atoms with E-state index in [1.165, 1.54) is 0 Å². The molecule has 0 aliphatic carbocycles. The molecule has 0 unspecified atom stereocenters. The SMILES string of the molecule is CCCCCNC(=O)c1ccc(Nc2cc(OC)ccc2OC)cn1. The van der Waals surface area contributed by atoms with E-state index in [-0.39, 0.29) is 5.91 Å². The van der Waals surface area contributed by atoms with E-state index >= 15 is 0 Å². The Morgan fingerprint density at radius 3 is 2.60 bits per heavy atom. The van der Waals surface area contributed by atoms with Crippen molar-refractivity contribution in [3.63, 3.8) is 0 Å². The smallest absolute Gasteiger partial charge is 0.269 e. The van der Waals surface area contributed by atoms with Crippen LogP contribution in [0.2, 0.25) is 0 Å². The summed E-state index contributed by atoms with van der Waals surface area (Å²) in [5, 5.41) is 6.10. The number of carbonyl (C=O) groups is 1. The Bertz CT molecular complexity index is 687. The van der Waals surface area contributed by atoms with Gasteiger partial charge in [0.2, 0.25) is 0 Å². The minimum atomic E-state index is -0.151. The number of pyridine rings is 1. The number of hydrogen-bond donors (Lipinski definition) is 2. The Balaban J connectivity index is 2.02. The molecule has 0 radical (unpaired) electrons. The third kappa shape index (κ3) is 5.38. The van der Waals surface area contributed by atoms with Crippen LogP contribution in [0.1, 0.15) is 36.7 Å². The van der Waals surface area contributed by atoms with Crippen molar-refractivity contribution in [2.24, 2.45) is 0 Å². The van der Waals surface area contributed by atoms with Gasteiger partial charge in [-0.3, -0.25) is 4.79 Å². The monoisotopic (exact) mass is 343 g/mol. The first kappa shape index (κ1) is 18.6. The summed E-state index contributed by atoms with van der Waals surface area (Å²) in [7, 11) is 3.22. The molecule has 6 heteroatoms. The summed E-state index contributed by atoms with van der Waals surface area (Å²) in [6, 6.07) is 9.01. The normalized spacial score (nSPS) is 10.2. The van der Waals surface area contributed by atoms with Gasteiger partial charge >= 0.3 is 0 Å². The molecule has 6 nitrogen and oxygen atoms in total. The molecule has 0 spiro atoms. The van der Waals surface area contributed by atoms with Crippen LogP contribution in [0.3, 0.4) is 0 Å². The largest absolute Gasteiger partial charge is 0.497 e. The number of amides is 1. The summed E-state index contributed by atoms with van der Waals surface area (Å²) in [4.78, 5) is 16.3. The van der Waals surface area contributed by atoms with Crippen molar-refractivity contribution >= 4 is 17.3 Å². The number of nitrogens with zero attached hydrogens (tertiary/aromatic N) is 1. The van der Waals surface area contributed by atoms with Gasteiger partial charge in [0.25, 0.3) is 5.91 Å². The first-order valence-electron chi connectivity index (χ1n) is 8.41. The van der Waals surface area contributed by atoms with E-state index in [0.717, 1.165) is 36.4 Å². The molecule has 1 amide bonds. The molecule has 1 aromatic carbocycles. The quantitative estimate of drug-likeness (QED) is 0.678. The Hall–Kier alpha value is -2.76. The molecule has 0 bridgehead atoms. The van der Waals surface area contributed by atoms with Crippen LogP contribution in [0.15, 0.2) is 36.5 Å². The molecule has 2 rings (SSSR count). The summed E-state index contributed by atoms with van der Waals surface area (Å²) in [5.74, 6) is 1.26. The van der Waals surface area contributed by atoms with Crippen molar-refractivity contribution in [2.45, 2.75) is 26.2 Å². The van der Waals surface area contributed by atoms with Gasteiger partial charge in [-0.15, -0.1) is 0 Å². The van der Waals surface area contributed by atoms with Crippen molar-refractivity contribution in [3.05, 3.63) is 42.2 Å². The first-order valence-corrected chi connectivity index (χ1v) is 8.41. The number of unbranched alkanes of at least 4 members (excludes halogenated alkanes) is 2. The third-order valence-electron chi connectivity index (χ3n) is 3.75. The molecular formula is C19H25N3O3. The van der Waals surface area contributed by atoms with Gasteiger partial charge in [0.05, 0.1) is 31.8 Å². The predicted octanol–water partition coefficient (Wildman–Crippen LogP) is 3.76. The van der Waals surface area contributed by atoms with Gasteiger partial charge in [0.15, 0.2) is 0 Å². The molecule has 2 aromatic rings. The zero-order valence-electron chi connectivity index (χ0n) is 15.0. The number of methoxy groups -OCH3 is 2. The van der Waals surface area contributed by atoms with Crippen molar-refractivity contribution in [1.29, 1.82) is 0 Å². The zero-order valence-corrected chi connectivity index (χ0v) is 15.0. The van der Waals surface area contributed by atoms with Gasteiger partial charge in [0.1, 0.15) is 17.2 Å². The molecule has 0 aliphatic rings. The van der Waals surface area contributed by atoms with E-state index < -0.39 is 0 Å². The van der Waals surface area contributed by atoms with Crippen LogP contribution >= 0.6 is 0 Å². The predicted molar refractivity (Wildman–Crippen MR) is 98.9 cm³/mol. The lowest BCUT2D eigenvalue weighted by Crippen LogP contribution is -2.25. The fourth-order valence-electron chi connectivity index (χ4n) is 2.34. The number of carbonyl (C=O) groups excluding carboxylic acids is 1. The molecule has 0 saturated carbocycles. The number of aromatic nitrogens is 1. The first-order chi connectivity index (χ1) is 12.2. The standard InChI is InChI=1S/C19H25N3O3/c1-4-5-6-11-20-19(23)16-9-7-14(13-21-16)22-17-12-15(24-2)8-10-18(17)25-3/h7-10,12-13,22H,4-6,11H2,1-3H3,(H,20,23). The minimum Gasteiger partial charge on any atom is -0.497 e. The zero-order chi connectivity index (χ0) is 18.1. The fraction of sp³-hybridized carbons (Fsp3) is 0.368. The van der Waals surface area contributed by atoms with E-state index in [1.54, 1.807) is 26.5 Å². The number of nitrogens with one attached hydrogen (secondary N) is 2. The van der Waals surface area contributed by atoms with Crippen LogP contribution in [0.4, 0.5) is 11.4 Å². The maximum atomic E-state index is 12.0. The molecule has 1 heterocycles. The highest BCUT2D eigenvalue weighted by atomic mass is 16.5. The summed E-state index contributed by atoms with van der Waals surface area (Å²) in [5.41, 5.74) is 1.93. The van der Waals surface area contributed by atoms with Gasteiger partial charge in [-0.1, -0.05) is 19.8 Å². The second kappa shape index (κ2) is 9.52. The number of rotatable bonds is 9. The average Bonchev–Trinajstić information content (AvgIpc) is 2.65. The molecule has 0 aliphatic heterocycles. The van der Waals surface area contributed by atoms with Crippen LogP contribution in [-0.2, 0) is 0 Å². The lowest BCUT2D eigenvalue weighted by molar-refractivity contribution is 0.0948. The van der Waals surface area contributed by atoms with Gasteiger partial charge < -0.3 is 20.1 Å². The highest BCUT2D eigenvalue weighted by Gasteiger charge is 2.08. The molecule has 134 valence electrons. The topological polar surface area (TPSA) is 72.5 Å². The van der Waals surface area contributed by atoms with Crippen molar-refractivity contribution < 1.29 is 14.3 Å². The molecule has 25 heavy (non-hydrogen) atoms. The molecule has 0 atom stereocenters. The number of hydrogen-bond acceptors (Lipinski definition) is 5. The Kier molecular flexibility index (Phi) is 7.07. The van der Waals surface area contributed by atoms with Gasteiger partial charge in [0, 0.05) is 12.6 Å². The second-order valence-electron chi connectivity index (χ2n) is 5.59. The summed E-state index contributed by atoms with van der Waals surface area (Å²) >= 11 is 0. The number of ether oxygens (including phenoxy) is 2. The molecular weight excluding hydrogens is 318 g/mol. The van der Waals surface area contributed by atoms with E-state index in [4.69, 9.17) is 9.47 Å². The van der Waals surface area contributed by atoms with E-state index in [2.05, 4.69) is 22.5 Å². The van der Waals surface area contributed by atoms with E-state index in [0.29, 0.717) is 18.0 Å². The highest BCUT2D eigenvalue weighted by Crippen LogP contribution is 2.31. The van der Waals surface area contributed by atoms with Crippen LogP contribution in [-0.4, -0.2) is 31.7 Å². The van der Waals surface area contributed by atoms with Crippen LogP contribution < -0.4 is 20.1 Å². The minimum absolute atomic E-state index is 0.151. The molecule has 2 N–H and O–H groups in total. The fourth-order valence-corrected chi connectivity index (χ4v) is 2.34. The number of anilines is 2. The lowest BCUT2D eigenvalue weighted by Gasteiger charge is -2.12.